The number of nitrogens with zero attached hydrogens (tertiary/aromatic N) is 1. The van der Waals surface area contributed by atoms with Crippen molar-refractivity contribution in [2.24, 2.45) is 5.92 Å². The van der Waals surface area contributed by atoms with E-state index in [0.717, 1.165) is 6.42 Å². The molecule has 0 aliphatic carbocycles. The number of hydrogen-bond donors (Lipinski definition) is 2. The van der Waals surface area contributed by atoms with E-state index < -0.39 is 5.82 Å². The Morgan fingerprint density at radius 1 is 1.27 bits per heavy atom. The molecule has 0 aliphatic heterocycles. The fourth-order valence-corrected chi connectivity index (χ4v) is 2.04. The molecule has 116 valence electrons. The third-order valence-electron chi connectivity index (χ3n) is 3.29. The first-order chi connectivity index (χ1) is 10.5. The lowest BCUT2D eigenvalue weighted by Crippen LogP contribution is -2.25. The summed E-state index contributed by atoms with van der Waals surface area (Å²) in [6.45, 7) is 4.74. The number of hydrogen-bond acceptors (Lipinski definition) is 3. The molecule has 1 heterocycles. The van der Waals surface area contributed by atoms with Crippen LogP contribution in [-0.2, 0) is 0 Å². The first kappa shape index (κ1) is 15.9. The highest BCUT2D eigenvalue weighted by molar-refractivity contribution is 5.95. The van der Waals surface area contributed by atoms with Crippen molar-refractivity contribution < 1.29 is 9.18 Å². The molecule has 0 spiro atoms. The minimum atomic E-state index is -0.455. The quantitative estimate of drug-likeness (QED) is 0.890. The van der Waals surface area contributed by atoms with Crippen LogP contribution in [0.4, 0.5) is 10.2 Å². The van der Waals surface area contributed by atoms with Crippen LogP contribution in [0.25, 0.3) is 11.1 Å². The van der Waals surface area contributed by atoms with Gasteiger partial charge in [-0.2, -0.15) is 0 Å². The van der Waals surface area contributed by atoms with E-state index in [9.17, 15) is 9.18 Å². The molecule has 5 heteroatoms. The van der Waals surface area contributed by atoms with Gasteiger partial charge in [0.2, 0.25) is 0 Å². The topological polar surface area (TPSA) is 68.0 Å². The van der Waals surface area contributed by atoms with Crippen molar-refractivity contribution in [1.29, 1.82) is 0 Å². The number of halogens is 1. The highest BCUT2D eigenvalue weighted by Gasteiger charge is 2.10. The molecule has 0 radical (unpaired) electrons. The molecule has 22 heavy (non-hydrogen) atoms. The van der Waals surface area contributed by atoms with Crippen LogP contribution in [0.1, 0.15) is 30.6 Å². The fraction of sp³-hybridized carbons (Fsp3) is 0.294. The Labute approximate surface area is 129 Å². The van der Waals surface area contributed by atoms with E-state index in [2.05, 4.69) is 24.1 Å². The third kappa shape index (κ3) is 4.28. The number of carbonyl (C=O) groups is 1. The third-order valence-corrected chi connectivity index (χ3v) is 3.29. The van der Waals surface area contributed by atoms with Gasteiger partial charge in [0.15, 0.2) is 0 Å². The number of aromatic nitrogens is 1. The molecule has 2 rings (SSSR count). The van der Waals surface area contributed by atoms with Gasteiger partial charge in [0.1, 0.15) is 11.6 Å². The van der Waals surface area contributed by atoms with Crippen LogP contribution in [0.15, 0.2) is 36.5 Å². The predicted octanol–water partition coefficient (Wildman–Crippen LogP) is 3.25. The van der Waals surface area contributed by atoms with E-state index in [-0.39, 0.29) is 5.91 Å². The van der Waals surface area contributed by atoms with E-state index in [0.29, 0.717) is 35.0 Å². The zero-order valence-electron chi connectivity index (χ0n) is 12.8. The van der Waals surface area contributed by atoms with Crippen LogP contribution in [0.3, 0.4) is 0 Å². The normalized spacial score (nSPS) is 10.7. The average Bonchev–Trinajstić information content (AvgIpc) is 2.46. The molecule has 0 saturated heterocycles. The maximum absolute atomic E-state index is 13.8. The van der Waals surface area contributed by atoms with Crippen LogP contribution < -0.4 is 11.1 Å². The standard InChI is InChI=1S/C17H20FN3O/c1-11(2)5-6-20-17(22)14-7-13(8-15(18)9-14)12-3-4-16(19)21-10-12/h3-4,7-11H,5-6H2,1-2H3,(H2,19,21)(H,20,22). The monoisotopic (exact) mass is 301 g/mol. The second-order valence-electron chi connectivity index (χ2n) is 5.64. The number of carbonyl (C=O) groups excluding carboxylic acids is 1. The second-order valence-corrected chi connectivity index (χ2v) is 5.64. The minimum absolute atomic E-state index is 0.273. The van der Waals surface area contributed by atoms with Gasteiger partial charge in [0.05, 0.1) is 0 Å². The highest BCUT2D eigenvalue weighted by Crippen LogP contribution is 2.22. The van der Waals surface area contributed by atoms with Crippen LogP contribution in [-0.4, -0.2) is 17.4 Å². The average molecular weight is 301 g/mol. The summed E-state index contributed by atoms with van der Waals surface area (Å²) in [5, 5.41) is 2.80. The molecule has 4 nitrogen and oxygen atoms in total. The minimum Gasteiger partial charge on any atom is -0.384 e. The molecule has 1 aromatic carbocycles. The van der Waals surface area contributed by atoms with Gasteiger partial charge < -0.3 is 11.1 Å². The van der Waals surface area contributed by atoms with Crippen molar-refractivity contribution >= 4 is 11.7 Å². The van der Waals surface area contributed by atoms with Crippen LogP contribution >= 0.6 is 0 Å². The van der Waals surface area contributed by atoms with Crippen LogP contribution in [0.2, 0.25) is 0 Å². The maximum Gasteiger partial charge on any atom is 0.251 e. The lowest BCUT2D eigenvalue weighted by atomic mass is 10.0. The zero-order valence-corrected chi connectivity index (χ0v) is 12.8. The number of pyridine rings is 1. The van der Waals surface area contributed by atoms with Gasteiger partial charge in [-0.25, -0.2) is 9.37 Å². The van der Waals surface area contributed by atoms with Gasteiger partial charge in [-0.05, 0) is 48.2 Å². The first-order valence-electron chi connectivity index (χ1n) is 7.26. The van der Waals surface area contributed by atoms with E-state index in [4.69, 9.17) is 5.73 Å². The second kappa shape index (κ2) is 7.02. The van der Waals surface area contributed by atoms with Crippen molar-refractivity contribution in [3.63, 3.8) is 0 Å². The van der Waals surface area contributed by atoms with Crippen molar-refractivity contribution in [2.45, 2.75) is 20.3 Å². The van der Waals surface area contributed by atoms with Crippen molar-refractivity contribution in [2.75, 3.05) is 12.3 Å². The van der Waals surface area contributed by atoms with E-state index in [1.165, 1.54) is 12.1 Å². The number of nitrogen functional groups attached to an aromatic ring is 1. The molecule has 0 bridgehead atoms. The van der Waals surface area contributed by atoms with E-state index in [1.54, 1.807) is 24.4 Å². The highest BCUT2D eigenvalue weighted by atomic mass is 19.1. The first-order valence-corrected chi connectivity index (χ1v) is 7.26. The molecule has 3 N–H and O–H groups in total. The summed E-state index contributed by atoms with van der Waals surface area (Å²) in [5.41, 5.74) is 7.16. The Hall–Kier alpha value is -2.43. The van der Waals surface area contributed by atoms with Crippen molar-refractivity contribution in [3.8, 4) is 11.1 Å². The smallest absolute Gasteiger partial charge is 0.251 e. The maximum atomic E-state index is 13.8. The molecule has 2 aromatic rings. The van der Waals surface area contributed by atoms with Gasteiger partial charge >= 0.3 is 0 Å². The lowest BCUT2D eigenvalue weighted by Gasteiger charge is -2.09. The Morgan fingerprint density at radius 3 is 2.68 bits per heavy atom. The molecule has 0 aliphatic rings. The van der Waals surface area contributed by atoms with E-state index in [1.807, 2.05) is 0 Å². The van der Waals surface area contributed by atoms with Crippen molar-refractivity contribution in [1.82, 2.24) is 10.3 Å². The fourth-order valence-electron chi connectivity index (χ4n) is 2.04. The zero-order chi connectivity index (χ0) is 16.1. The molecular formula is C17H20FN3O. The summed E-state index contributed by atoms with van der Waals surface area (Å²) < 4.78 is 13.8. The number of nitrogens with one attached hydrogen (secondary N) is 1. The Kier molecular flexibility index (Phi) is 5.09. The van der Waals surface area contributed by atoms with Gasteiger partial charge in [0, 0.05) is 23.9 Å². The number of nitrogens with two attached hydrogens (primary N) is 1. The lowest BCUT2D eigenvalue weighted by molar-refractivity contribution is 0.0951. The van der Waals surface area contributed by atoms with Gasteiger partial charge in [-0.15, -0.1) is 0 Å². The van der Waals surface area contributed by atoms with Crippen LogP contribution in [0.5, 0.6) is 0 Å². The van der Waals surface area contributed by atoms with Crippen LogP contribution in [0, 0.1) is 11.7 Å². The number of anilines is 1. The molecule has 1 amide bonds. The number of rotatable bonds is 5. The Morgan fingerprint density at radius 2 is 2.05 bits per heavy atom. The largest absolute Gasteiger partial charge is 0.384 e. The number of benzene rings is 1. The Balaban J connectivity index is 2.19. The summed E-state index contributed by atoms with van der Waals surface area (Å²) in [5.74, 6) is 0.171. The number of amides is 1. The molecule has 0 atom stereocenters. The molecule has 0 unspecified atom stereocenters. The van der Waals surface area contributed by atoms with Gasteiger partial charge in [0.25, 0.3) is 5.91 Å². The molecule has 0 fully saturated rings. The SMILES string of the molecule is CC(C)CCNC(=O)c1cc(F)cc(-c2ccc(N)nc2)c1. The van der Waals surface area contributed by atoms with Crippen molar-refractivity contribution in [3.05, 3.63) is 47.9 Å². The predicted molar refractivity (Wildman–Crippen MR) is 85.8 cm³/mol. The van der Waals surface area contributed by atoms with E-state index >= 15 is 0 Å². The summed E-state index contributed by atoms with van der Waals surface area (Å²) >= 11 is 0. The molecule has 0 saturated carbocycles. The summed E-state index contributed by atoms with van der Waals surface area (Å²) in [6.07, 6.45) is 2.44. The summed E-state index contributed by atoms with van der Waals surface area (Å²) in [6, 6.07) is 7.65. The molecular weight excluding hydrogens is 281 g/mol. The summed E-state index contributed by atoms with van der Waals surface area (Å²) in [7, 11) is 0. The van der Waals surface area contributed by atoms with Gasteiger partial charge in [-0.1, -0.05) is 13.8 Å². The van der Waals surface area contributed by atoms with Gasteiger partial charge in [-0.3, -0.25) is 4.79 Å². The molecule has 1 aromatic heterocycles. The summed E-state index contributed by atoms with van der Waals surface area (Å²) in [4.78, 5) is 16.1. The Bertz CT molecular complexity index is 653.